The van der Waals surface area contributed by atoms with Gasteiger partial charge in [0, 0.05) is 13.0 Å². The predicted octanol–water partition coefficient (Wildman–Crippen LogP) is 5.52. The number of rotatable bonds is 10. The summed E-state index contributed by atoms with van der Waals surface area (Å²) in [5, 5.41) is 0.552. The second-order valence-electron chi connectivity index (χ2n) is 8.77. The minimum atomic E-state index is -0.355. The minimum Gasteiger partial charge on any atom is -0.494 e. The van der Waals surface area contributed by atoms with Gasteiger partial charge in [-0.2, -0.15) is 0 Å². The zero-order valence-corrected chi connectivity index (χ0v) is 20.4. The van der Waals surface area contributed by atoms with Crippen LogP contribution in [0.3, 0.4) is 0 Å². The van der Waals surface area contributed by atoms with Gasteiger partial charge in [0.05, 0.1) is 29.2 Å². The van der Waals surface area contributed by atoms with Crippen molar-refractivity contribution in [3.8, 4) is 11.4 Å². The number of nitrogens with zero attached hydrogens (tertiary/aromatic N) is 3. The molecule has 0 saturated carbocycles. The first-order valence-electron chi connectivity index (χ1n) is 11.9. The van der Waals surface area contributed by atoms with E-state index in [4.69, 9.17) is 9.72 Å². The van der Waals surface area contributed by atoms with E-state index in [-0.39, 0.29) is 23.4 Å². The van der Waals surface area contributed by atoms with Crippen molar-refractivity contribution in [2.45, 2.75) is 59.9 Å². The van der Waals surface area contributed by atoms with Crippen LogP contribution in [0.1, 0.15) is 65.7 Å². The zero-order valence-electron chi connectivity index (χ0n) is 20.4. The molecular weight excluding hydrogens is 414 g/mol. The van der Waals surface area contributed by atoms with E-state index >= 15 is 0 Å². The van der Waals surface area contributed by atoms with Gasteiger partial charge in [0.25, 0.3) is 5.56 Å². The number of benzene rings is 2. The number of unbranched alkanes of at least 4 members (excludes halogenated alkanes) is 1. The third-order valence-electron chi connectivity index (χ3n) is 5.70. The van der Waals surface area contributed by atoms with Gasteiger partial charge in [-0.3, -0.25) is 14.2 Å². The third kappa shape index (κ3) is 5.62. The summed E-state index contributed by atoms with van der Waals surface area (Å²) in [7, 11) is 0. The van der Waals surface area contributed by atoms with E-state index in [2.05, 4.69) is 6.92 Å². The van der Waals surface area contributed by atoms with Crippen molar-refractivity contribution in [3.05, 3.63) is 64.7 Å². The average molecular weight is 450 g/mol. The summed E-state index contributed by atoms with van der Waals surface area (Å²) in [5.41, 5.74) is 1.20. The highest BCUT2D eigenvalue weighted by atomic mass is 16.5. The van der Waals surface area contributed by atoms with Crippen molar-refractivity contribution in [2.75, 3.05) is 13.2 Å². The Labute approximate surface area is 196 Å². The Kier molecular flexibility index (Phi) is 8.26. The molecule has 0 N–H and O–H groups in total. The number of hydrogen-bond acceptors (Lipinski definition) is 4. The van der Waals surface area contributed by atoms with Crippen LogP contribution >= 0.6 is 0 Å². The number of aromatic nitrogens is 2. The molecule has 6 heteroatoms. The Morgan fingerprint density at radius 3 is 2.39 bits per heavy atom. The summed E-state index contributed by atoms with van der Waals surface area (Å²) >= 11 is 0. The zero-order chi connectivity index (χ0) is 24.0. The molecule has 1 heterocycles. The van der Waals surface area contributed by atoms with E-state index in [0.29, 0.717) is 42.0 Å². The summed E-state index contributed by atoms with van der Waals surface area (Å²) < 4.78 is 7.21. The standard InChI is InChI=1S/C27H35N3O3/c1-6-8-17-29(25(31)18-19(3)4)20(5)26-28-24-12-10-9-11-23(24)27(32)30(26)21-13-15-22(16-14-21)33-7-2/h9-16,19-20H,6-8,17-18H2,1-5H3. The fraction of sp³-hybridized carbons (Fsp3) is 0.444. The van der Waals surface area contributed by atoms with Crippen LogP contribution < -0.4 is 10.3 Å². The van der Waals surface area contributed by atoms with Gasteiger partial charge in [0.2, 0.25) is 5.91 Å². The molecule has 0 aliphatic rings. The molecule has 3 rings (SSSR count). The molecule has 6 nitrogen and oxygen atoms in total. The van der Waals surface area contributed by atoms with Crippen LogP contribution in [-0.4, -0.2) is 33.5 Å². The lowest BCUT2D eigenvalue weighted by Gasteiger charge is -2.31. The number of fused-ring (bicyclic) bond motifs is 1. The molecule has 1 aromatic heterocycles. The minimum absolute atomic E-state index is 0.0894. The fourth-order valence-corrected chi connectivity index (χ4v) is 4.01. The highest BCUT2D eigenvalue weighted by molar-refractivity contribution is 5.79. The summed E-state index contributed by atoms with van der Waals surface area (Å²) in [6.07, 6.45) is 2.35. The SMILES string of the molecule is CCCCN(C(=O)CC(C)C)C(C)c1nc2ccccc2c(=O)n1-c1ccc(OCC)cc1. The molecule has 176 valence electrons. The Morgan fingerprint density at radius 2 is 1.76 bits per heavy atom. The Bertz CT molecular complexity index is 1140. The second kappa shape index (κ2) is 11.1. The predicted molar refractivity (Wildman–Crippen MR) is 133 cm³/mol. The van der Waals surface area contributed by atoms with Crippen LogP contribution in [0.25, 0.3) is 16.6 Å². The Hall–Kier alpha value is -3.15. The van der Waals surface area contributed by atoms with Crippen molar-refractivity contribution in [3.63, 3.8) is 0 Å². The smallest absolute Gasteiger partial charge is 0.266 e. The molecule has 0 saturated heterocycles. The van der Waals surface area contributed by atoms with Crippen molar-refractivity contribution in [1.82, 2.24) is 14.5 Å². The molecule has 0 fully saturated rings. The van der Waals surface area contributed by atoms with Crippen LogP contribution in [-0.2, 0) is 4.79 Å². The maximum absolute atomic E-state index is 13.6. The fourth-order valence-electron chi connectivity index (χ4n) is 4.01. The van der Waals surface area contributed by atoms with Crippen LogP contribution in [0.15, 0.2) is 53.3 Å². The number of carbonyl (C=O) groups is 1. The highest BCUT2D eigenvalue weighted by Gasteiger charge is 2.26. The van der Waals surface area contributed by atoms with Gasteiger partial charge >= 0.3 is 0 Å². The first kappa shape index (κ1) is 24.5. The third-order valence-corrected chi connectivity index (χ3v) is 5.70. The molecule has 0 aliphatic carbocycles. The summed E-state index contributed by atoms with van der Waals surface area (Å²) in [5.74, 6) is 1.66. The van der Waals surface area contributed by atoms with Crippen molar-refractivity contribution in [2.24, 2.45) is 5.92 Å². The quantitative estimate of drug-likeness (QED) is 0.409. The number of ether oxygens (including phenoxy) is 1. The lowest BCUT2D eigenvalue weighted by atomic mass is 10.1. The van der Waals surface area contributed by atoms with Gasteiger partial charge in [-0.05, 0) is 62.6 Å². The molecule has 0 bridgehead atoms. The molecule has 1 atom stereocenters. The van der Waals surface area contributed by atoms with Gasteiger partial charge in [0.15, 0.2) is 0 Å². The molecular formula is C27H35N3O3. The van der Waals surface area contributed by atoms with Gasteiger partial charge in [0.1, 0.15) is 11.6 Å². The highest BCUT2D eigenvalue weighted by Crippen LogP contribution is 2.25. The molecule has 0 aliphatic heterocycles. The summed E-state index contributed by atoms with van der Waals surface area (Å²) in [4.78, 5) is 33.6. The Balaban J connectivity index is 2.17. The number of hydrogen-bond donors (Lipinski definition) is 0. The van der Waals surface area contributed by atoms with E-state index in [1.807, 2.05) is 75.1 Å². The topological polar surface area (TPSA) is 64.4 Å². The van der Waals surface area contributed by atoms with Gasteiger partial charge in [-0.25, -0.2) is 4.98 Å². The van der Waals surface area contributed by atoms with Gasteiger partial charge in [-0.15, -0.1) is 0 Å². The van der Waals surface area contributed by atoms with Gasteiger partial charge in [-0.1, -0.05) is 39.3 Å². The molecule has 0 spiro atoms. The molecule has 1 amide bonds. The maximum atomic E-state index is 13.6. The largest absolute Gasteiger partial charge is 0.494 e. The van der Waals surface area contributed by atoms with Crippen LogP contribution in [0, 0.1) is 5.92 Å². The summed E-state index contributed by atoms with van der Waals surface area (Å²) in [6, 6.07) is 14.5. The first-order valence-corrected chi connectivity index (χ1v) is 11.9. The monoisotopic (exact) mass is 449 g/mol. The number of carbonyl (C=O) groups excluding carboxylic acids is 1. The Morgan fingerprint density at radius 1 is 1.06 bits per heavy atom. The molecule has 33 heavy (non-hydrogen) atoms. The molecule has 1 unspecified atom stereocenters. The van der Waals surface area contributed by atoms with E-state index < -0.39 is 0 Å². The van der Waals surface area contributed by atoms with Crippen molar-refractivity contribution >= 4 is 16.8 Å². The molecule has 3 aromatic rings. The van der Waals surface area contributed by atoms with Crippen LogP contribution in [0.2, 0.25) is 0 Å². The van der Waals surface area contributed by atoms with Gasteiger partial charge < -0.3 is 9.64 Å². The molecule has 0 radical (unpaired) electrons. The van der Waals surface area contributed by atoms with Crippen LogP contribution in [0.4, 0.5) is 0 Å². The van der Waals surface area contributed by atoms with E-state index in [1.165, 1.54) is 0 Å². The molecule has 2 aromatic carbocycles. The number of para-hydroxylation sites is 1. The van der Waals surface area contributed by atoms with E-state index in [9.17, 15) is 9.59 Å². The summed E-state index contributed by atoms with van der Waals surface area (Å²) in [6.45, 7) is 11.3. The normalized spacial score (nSPS) is 12.2. The maximum Gasteiger partial charge on any atom is 0.266 e. The lowest BCUT2D eigenvalue weighted by Crippen LogP contribution is -2.38. The van der Waals surface area contributed by atoms with E-state index in [1.54, 1.807) is 10.6 Å². The second-order valence-corrected chi connectivity index (χ2v) is 8.77. The number of amides is 1. The van der Waals surface area contributed by atoms with Crippen LogP contribution in [0.5, 0.6) is 5.75 Å². The lowest BCUT2D eigenvalue weighted by molar-refractivity contribution is -0.134. The van der Waals surface area contributed by atoms with Crippen molar-refractivity contribution < 1.29 is 9.53 Å². The van der Waals surface area contributed by atoms with E-state index in [0.717, 1.165) is 18.6 Å². The average Bonchev–Trinajstić information content (AvgIpc) is 2.79. The first-order chi connectivity index (χ1) is 15.9. The van der Waals surface area contributed by atoms with Crippen molar-refractivity contribution in [1.29, 1.82) is 0 Å².